The van der Waals surface area contributed by atoms with Crippen LogP contribution in [0.1, 0.15) is 15.9 Å². The molecule has 1 aromatic carbocycles. The van der Waals surface area contributed by atoms with E-state index in [4.69, 9.17) is 4.74 Å². The lowest BCUT2D eigenvalue weighted by atomic mass is 10.2. The van der Waals surface area contributed by atoms with E-state index in [2.05, 4.69) is 25.5 Å². The molecule has 1 aliphatic rings. The number of carbonyl (C=O) groups excluding carboxylic acids is 1. The van der Waals surface area contributed by atoms with Crippen LogP contribution in [0.5, 0.6) is 0 Å². The van der Waals surface area contributed by atoms with Crippen LogP contribution in [0.4, 0.5) is 5.95 Å². The first-order valence-electron chi connectivity index (χ1n) is 8.49. The maximum Gasteiger partial charge on any atom is 0.254 e. The summed E-state index contributed by atoms with van der Waals surface area (Å²) in [7, 11) is 0. The summed E-state index contributed by atoms with van der Waals surface area (Å²) in [6.07, 6.45) is 3.09. The highest BCUT2D eigenvalue weighted by Gasteiger charge is 2.10. The number of nitrogens with one attached hydrogen (secondary N) is 2. The summed E-state index contributed by atoms with van der Waals surface area (Å²) in [4.78, 5) is 22.9. The molecule has 1 amide bonds. The fourth-order valence-electron chi connectivity index (χ4n) is 2.57. The number of nitrogens with zero attached hydrogens (tertiary/aromatic N) is 3. The molecule has 0 aliphatic carbocycles. The molecule has 0 spiro atoms. The minimum Gasteiger partial charge on any atom is -0.379 e. The van der Waals surface area contributed by atoms with Gasteiger partial charge >= 0.3 is 0 Å². The van der Waals surface area contributed by atoms with Crippen LogP contribution in [-0.4, -0.2) is 60.2 Å². The van der Waals surface area contributed by atoms with Crippen molar-refractivity contribution in [3.63, 3.8) is 0 Å². The molecule has 1 fully saturated rings. The van der Waals surface area contributed by atoms with Gasteiger partial charge in [0.2, 0.25) is 5.95 Å². The second kappa shape index (κ2) is 9.10. The van der Waals surface area contributed by atoms with Gasteiger partial charge in [0.25, 0.3) is 5.91 Å². The molecule has 0 bridgehead atoms. The van der Waals surface area contributed by atoms with Crippen molar-refractivity contribution in [2.45, 2.75) is 6.54 Å². The van der Waals surface area contributed by atoms with Gasteiger partial charge < -0.3 is 15.4 Å². The maximum atomic E-state index is 12.1. The molecule has 2 aromatic rings. The molecular formula is C18H23N5O2. The van der Waals surface area contributed by atoms with Gasteiger partial charge in [-0.1, -0.05) is 30.3 Å². The second-order valence-electron chi connectivity index (χ2n) is 5.84. The molecule has 7 nitrogen and oxygen atoms in total. The van der Waals surface area contributed by atoms with Crippen LogP contribution in [0.25, 0.3) is 0 Å². The Labute approximate surface area is 147 Å². The molecule has 2 N–H and O–H groups in total. The van der Waals surface area contributed by atoms with Crippen LogP contribution in [0, 0.1) is 0 Å². The van der Waals surface area contributed by atoms with Crippen molar-refractivity contribution in [3.05, 3.63) is 53.9 Å². The Balaban J connectivity index is 1.42. The van der Waals surface area contributed by atoms with Gasteiger partial charge in [0.15, 0.2) is 0 Å². The molecular weight excluding hydrogens is 318 g/mol. The summed E-state index contributed by atoms with van der Waals surface area (Å²) in [5.74, 6) is 0.358. The number of benzene rings is 1. The highest BCUT2D eigenvalue weighted by Crippen LogP contribution is 2.03. The summed E-state index contributed by atoms with van der Waals surface area (Å²) in [6, 6.07) is 9.78. The first-order valence-corrected chi connectivity index (χ1v) is 8.49. The van der Waals surface area contributed by atoms with Crippen LogP contribution in [0.2, 0.25) is 0 Å². The highest BCUT2D eigenvalue weighted by molar-refractivity contribution is 5.93. The van der Waals surface area contributed by atoms with Gasteiger partial charge in [0.1, 0.15) is 0 Å². The molecule has 132 valence electrons. The van der Waals surface area contributed by atoms with Gasteiger partial charge in [0.05, 0.1) is 18.8 Å². The largest absolute Gasteiger partial charge is 0.379 e. The third-order valence-electron chi connectivity index (χ3n) is 4.02. The third-order valence-corrected chi connectivity index (χ3v) is 4.02. The highest BCUT2D eigenvalue weighted by atomic mass is 16.5. The fraction of sp³-hybridized carbons (Fsp3) is 0.389. The SMILES string of the molecule is O=C(NCc1ccccc1)c1cnc(NCCN2CCOCC2)nc1. The van der Waals surface area contributed by atoms with Crippen LogP contribution in [0.15, 0.2) is 42.7 Å². The molecule has 1 aliphatic heterocycles. The summed E-state index contributed by atoms with van der Waals surface area (Å²) >= 11 is 0. The Bertz CT molecular complexity index is 657. The zero-order chi connectivity index (χ0) is 17.3. The normalized spacial score (nSPS) is 14.9. The standard InChI is InChI=1S/C18H23N5O2/c24-17(20-12-15-4-2-1-3-5-15)16-13-21-18(22-14-16)19-6-7-23-8-10-25-11-9-23/h1-5,13-14H,6-12H2,(H,20,24)(H,19,21,22). The van der Waals surface area contributed by atoms with E-state index < -0.39 is 0 Å². The van der Waals surface area contributed by atoms with Gasteiger partial charge in [-0.05, 0) is 5.56 Å². The summed E-state index contributed by atoms with van der Waals surface area (Å²) in [6.45, 7) is 5.68. The monoisotopic (exact) mass is 341 g/mol. The lowest BCUT2D eigenvalue weighted by Crippen LogP contribution is -2.39. The van der Waals surface area contributed by atoms with Crippen molar-refractivity contribution in [1.29, 1.82) is 0 Å². The van der Waals surface area contributed by atoms with E-state index >= 15 is 0 Å². The van der Waals surface area contributed by atoms with E-state index in [1.54, 1.807) is 12.4 Å². The number of aromatic nitrogens is 2. The molecule has 0 radical (unpaired) electrons. The van der Waals surface area contributed by atoms with Crippen LogP contribution in [-0.2, 0) is 11.3 Å². The smallest absolute Gasteiger partial charge is 0.254 e. The molecule has 0 atom stereocenters. The molecule has 3 rings (SSSR count). The van der Waals surface area contributed by atoms with Crippen molar-refractivity contribution in [1.82, 2.24) is 20.2 Å². The summed E-state index contributed by atoms with van der Waals surface area (Å²) < 4.78 is 5.32. The lowest BCUT2D eigenvalue weighted by molar-refractivity contribution is 0.0398. The van der Waals surface area contributed by atoms with Gasteiger partial charge in [-0.15, -0.1) is 0 Å². The first kappa shape index (κ1) is 17.3. The Morgan fingerprint density at radius 2 is 1.84 bits per heavy atom. The van der Waals surface area contributed by atoms with Crippen molar-refractivity contribution >= 4 is 11.9 Å². The predicted molar refractivity (Wildman–Crippen MR) is 95.4 cm³/mol. The van der Waals surface area contributed by atoms with Gasteiger partial charge in [-0.25, -0.2) is 9.97 Å². The molecule has 7 heteroatoms. The number of rotatable bonds is 7. The molecule has 1 saturated heterocycles. The van der Waals surface area contributed by atoms with E-state index in [0.717, 1.165) is 45.0 Å². The Kier molecular flexibility index (Phi) is 6.30. The molecule has 25 heavy (non-hydrogen) atoms. The Morgan fingerprint density at radius 1 is 1.12 bits per heavy atom. The zero-order valence-corrected chi connectivity index (χ0v) is 14.1. The topological polar surface area (TPSA) is 79.4 Å². The van der Waals surface area contributed by atoms with Crippen molar-refractivity contribution in [2.24, 2.45) is 0 Å². The molecule has 0 unspecified atom stereocenters. The number of amides is 1. The Morgan fingerprint density at radius 3 is 2.56 bits per heavy atom. The fourth-order valence-corrected chi connectivity index (χ4v) is 2.57. The second-order valence-corrected chi connectivity index (χ2v) is 5.84. The van der Waals surface area contributed by atoms with Crippen LogP contribution in [0.3, 0.4) is 0 Å². The minimum absolute atomic E-state index is 0.177. The average Bonchev–Trinajstić information content (AvgIpc) is 2.68. The van der Waals surface area contributed by atoms with Crippen LogP contribution >= 0.6 is 0 Å². The van der Waals surface area contributed by atoms with Crippen molar-refractivity contribution in [2.75, 3.05) is 44.7 Å². The summed E-state index contributed by atoms with van der Waals surface area (Å²) in [5.41, 5.74) is 1.51. The average molecular weight is 341 g/mol. The number of hydrogen-bond acceptors (Lipinski definition) is 6. The van der Waals surface area contributed by atoms with Gasteiger partial charge in [-0.3, -0.25) is 9.69 Å². The Hall–Kier alpha value is -2.51. The minimum atomic E-state index is -0.177. The van der Waals surface area contributed by atoms with Crippen LogP contribution < -0.4 is 10.6 Å². The van der Waals surface area contributed by atoms with E-state index in [9.17, 15) is 4.79 Å². The number of ether oxygens (including phenoxy) is 1. The molecule has 1 aromatic heterocycles. The number of carbonyl (C=O) groups is 1. The van der Waals surface area contributed by atoms with Gasteiger partial charge in [-0.2, -0.15) is 0 Å². The summed E-state index contributed by atoms with van der Waals surface area (Å²) in [5, 5.41) is 6.04. The first-order chi connectivity index (χ1) is 12.3. The zero-order valence-electron chi connectivity index (χ0n) is 14.1. The van der Waals surface area contributed by atoms with E-state index in [1.165, 1.54) is 0 Å². The predicted octanol–water partition coefficient (Wildman–Crippen LogP) is 1.15. The van der Waals surface area contributed by atoms with Crippen molar-refractivity contribution in [3.8, 4) is 0 Å². The number of anilines is 1. The number of hydrogen-bond donors (Lipinski definition) is 2. The van der Waals surface area contributed by atoms with E-state index in [-0.39, 0.29) is 5.91 Å². The lowest BCUT2D eigenvalue weighted by Gasteiger charge is -2.26. The van der Waals surface area contributed by atoms with Gasteiger partial charge in [0, 0.05) is 45.1 Å². The number of morpholine rings is 1. The van der Waals surface area contributed by atoms with Crippen molar-refractivity contribution < 1.29 is 9.53 Å². The maximum absolute atomic E-state index is 12.1. The molecule has 0 saturated carbocycles. The van der Waals surface area contributed by atoms with E-state index in [1.807, 2.05) is 30.3 Å². The third kappa shape index (κ3) is 5.51. The quantitative estimate of drug-likeness (QED) is 0.786. The van der Waals surface area contributed by atoms with E-state index in [0.29, 0.717) is 18.1 Å². The molecule has 2 heterocycles.